The molecule has 0 radical (unpaired) electrons. The third-order valence-corrected chi connectivity index (χ3v) is 3.52. The fourth-order valence-electron chi connectivity index (χ4n) is 2.42. The van der Waals surface area contributed by atoms with Gasteiger partial charge in [-0.05, 0) is 31.5 Å². The minimum atomic E-state index is 0.771. The maximum Gasteiger partial charge on any atom is 0.136 e. The molecule has 0 unspecified atom stereocenters. The van der Waals surface area contributed by atoms with Crippen LogP contribution >= 0.6 is 0 Å². The van der Waals surface area contributed by atoms with Gasteiger partial charge in [-0.25, -0.2) is 4.98 Å². The van der Waals surface area contributed by atoms with Gasteiger partial charge in [-0.15, -0.1) is 0 Å². The monoisotopic (exact) mass is 273 g/mol. The molecule has 2 aromatic rings. The van der Waals surface area contributed by atoms with Crippen molar-refractivity contribution < 1.29 is 4.74 Å². The van der Waals surface area contributed by atoms with E-state index in [1.807, 2.05) is 24.4 Å². The summed E-state index contributed by atoms with van der Waals surface area (Å²) in [6, 6.07) is 8.08. The number of ether oxygens (including phenoxy) is 1. The Morgan fingerprint density at radius 2 is 2.00 bits per heavy atom. The number of fused-ring (bicyclic) bond motifs is 1. The van der Waals surface area contributed by atoms with Crippen LogP contribution in [0.1, 0.15) is 19.3 Å². The van der Waals surface area contributed by atoms with Crippen LogP contribution in [0.15, 0.2) is 30.5 Å². The second-order valence-electron chi connectivity index (χ2n) is 4.96. The van der Waals surface area contributed by atoms with Crippen molar-refractivity contribution in [3.05, 3.63) is 30.5 Å². The predicted molar refractivity (Wildman–Crippen MR) is 84.5 cm³/mol. The summed E-state index contributed by atoms with van der Waals surface area (Å²) in [4.78, 5) is 6.73. The maximum atomic E-state index is 5.52. The number of nitrogens with zero attached hydrogens (tertiary/aromatic N) is 2. The van der Waals surface area contributed by atoms with Crippen molar-refractivity contribution in [3.8, 4) is 5.75 Å². The van der Waals surface area contributed by atoms with Gasteiger partial charge in [0.15, 0.2) is 0 Å². The molecule has 20 heavy (non-hydrogen) atoms. The molecule has 1 heterocycles. The summed E-state index contributed by atoms with van der Waals surface area (Å²) < 4.78 is 5.42. The van der Waals surface area contributed by atoms with E-state index in [0.717, 1.165) is 54.7 Å². The summed E-state index contributed by atoms with van der Waals surface area (Å²) in [5, 5.41) is 2.24. The number of nitrogens with two attached hydrogens (primary N) is 1. The molecule has 0 atom stereocenters. The minimum Gasteiger partial charge on any atom is -0.496 e. The molecule has 2 rings (SSSR count). The minimum absolute atomic E-state index is 0.771. The molecule has 2 N–H and O–H groups in total. The van der Waals surface area contributed by atoms with Crippen LogP contribution in [0.3, 0.4) is 0 Å². The summed E-state index contributed by atoms with van der Waals surface area (Å²) in [7, 11) is 3.79. The summed E-state index contributed by atoms with van der Waals surface area (Å²) in [5.74, 6) is 1.90. The molecular formula is C16H23N3O. The Morgan fingerprint density at radius 1 is 1.15 bits per heavy atom. The molecule has 0 amide bonds. The summed E-state index contributed by atoms with van der Waals surface area (Å²) >= 11 is 0. The van der Waals surface area contributed by atoms with Gasteiger partial charge in [-0.3, -0.25) is 0 Å². The Bertz CT molecular complexity index is 556. The molecular weight excluding hydrogens is 250 g/mol. The van der Waals surface area contributed by atoms with Gasteiger partial charge in [0.05, 0.1) is 7.11 Å². The molecule has 4 heteroatoms. The van der Waals surface area contributed by atoms with E-state index >= 15 is 0 Å². The van der Waals surface area contributed by atoms with E-state index in [4.69, 9.17) is 10.5 Å². The SMILES string of the molecule is COc1cccc2c(N(C)CCCCCN)nccc12. The summed E-state index contributed by atoms with van der Waals surface area (Å²) in [6.07, 6.45) is 5.23. The lowest BCUT2D eigenvalue weighted by Gasteiger charge is -2.20. The van der Waals surface area contributed by atoms with Gasteiger partial charge < -0.3 is 15.4 Å². The topological polar surface area (TPSA) is 51.4 Å². The molecule has 0 saturated carbocycles. The van der Waals surface area contributed by atoms with Gasteiger partial charge in [0.25, 0.3) is 0 Å². The number of benzene rings is 1. The van der Waals surface area contributed by atoms with Crippen LogP contribution < -0.4 is 15.4 Å². The van der Waals surface area contributed by atoms with Crippen LogP contribution in [-0.4, -0.2) is 32.2 Å². The van der Waals surface area contributed by atoms with Crippen LogP contribution in [0, 0.1) is 0 Å². The van der Waals surface area contributed by atoms with Gasteiger partial charge in [-0.2, -0.15) is 0 Å². The van der Waals surface area contributed by atoms with Crippen molar-refractivity contribution in [1.82, 2.24) is 4.98 Å². The van der Waals surface area contributed by atoms with E-state index in [1.165, 1.54) is 0 Å². The van der Waals surface area contributed by atoms with Crippen LogP contribution in [0.25, 0.3) is 10.8 Å². The lowest BCUT2D eigenvalue weighted by molar-refractivity contribution is 0.420. The highest BCUT2D eigenvalue weighted by Gasteiger charge is 2.09. The molecule has 4 nitrogen and oxygen atoms in total. The quantitative estimate of drug-likeness (QED) is 0.788. The van der Waals surface area contributed by atoms with E-state index in [2.05, 4.69) is 23.0 Å². The van der Waals surface area contributed by atoms with E-state index in [-0.39, 0.29) is 0 Å². The summed E-state index contributed by atoms with van der Waals surface area (Å²) in [6.45, 7) is 1.76. The maximum absolute atomic E-state index is 5.52. The Kier molecular flexibility index (Phi) is 5.18. The molecule has 1 aromatic heterocycles. The predicted octanol–water partition coefficient (Wildman–Crippen LogP) is 2.81. The third-order valence-electron chi connectivity index (χ3n) is 3.52. The van der Waals surface area contributed by atoms with Crippen LogP contribution in [0.2, 0.25) is 0 Å². The number of hydrogen-bond donors (Lipinski definition) is 1. The average molecular weight is 273 g/mol. The van der Waals surface area contributed by atoms with Crippen molar-refractivity contribution in [2.75, 3.05) is 32.1 Å². The molecule has 0 aliphatic rings. The van der Waals surface area contributed by atoms with Crippen molar-refractivity contribution in [2.24, 2.45) is 5.73 Å². The highest BCUT2D eigenvalue weighted by molar-refractivity contribution is 5.96. The highest BCUT2D eigenvalue weighted by atomic mass is 16.5. The first-order chi connectivity index (χ1) is 9.77. The molecule has 0 saturated heterocycles. The molecule has 0 bridgehead atoms. The zero-order chi connectivity index (χ0) is 14.4. The van der Waals surface area contributed by atoms with E-state index in [1.54, 1.807) is 7.11 Å². The van der Waals surface area contributed by atoms with Crippen molar-refractivity contribution >= 4 is 16.6 Å². The van der Waals surface area contributed by atoms with Crippen molar-refractivity contribution in [1.29, 1.82) is 0 Å². The van der Waals surface area contributed by atoms with Gasteiger partial charge >= 0.3 is 0 Å². The normalized spacial score (nSPS) is 10.8. The molecule has 0 fully saturated rings. The first-order valence-corrected chi connectivity index (χ1v) is 7.11. The first kappa shape index (κ1) is 14.6. The van der Waals surface area contributed by atoms with E-state index in [0.29, 0.717) is 0 Å². The lowest BCUT2D eigenvalue weighted by Crippen LogP contribution is -2.20. The largest absolute Gasteiger partial charge is 0.496 e. The molecule has 0 aliphatic heterocycles. The first-order valence-electron chi connectivity index (χ1n) is 7.11. The van der Waals surface area contributed by atoms with E-state index < -0.39 is 0 Å². The van der Waals surface area contributed by atoms with Crippen molar-refractivity contribution in [2.45, 2.75) is 19.3 Å². The molecule has 1 aromatic carbocycles. The Morgan fingerprint density at radius 3 is 2.75 bits per heavy atom. The highest BCUT2D eigenvalue weighted by Crippen LogP contribution is 2.30. The van der Waals surface area contributed by atoms with Gasteiger partial charge in [0.1, 0.15) is 11.6 Å². The number of rotatable bonds is 7. The fourth-order valence-corrected chi connectivity index (χ4v) is 2.42. The Balaban J connectivity index is 2.21. The smallest absolute Gasteiger partial charge is 0.136 e. The molecule has 0 aliphatic carbocycles. The van der Waals surface area contributed by atoms with Gasteiger partial charge in [0, 0.05) is 30.6 Å². The fraction of sp³-hybridized carbons (Fsp3) is 0.438. The van der Waals surface area contributed by atoms with Gasteiger partial charge in [-0.1, -0.05) is 18.6 Å². The number of unbranched alkanes of at least 4 members (excludes halogenated alkanes) is 2. The Hall–Kier alpha value is -1.81. The zero-order valence-corrected chi connectivity index (χ0v) is 12.3. The van der Waals surface area contributed by atoms with Crippen LogP contribution in [0.5, 0.6) is 5.75 Å². The second kappa shape index (κ2) is 7.10. The zero-order valence-electron chi connectivity index (χ0n) is 12.3. The summed E-state index contributed by atoms with van der Waals surface area (Å²) in [5.41, 5.74) is 5.52. The lowest BCUT2D eigenvalue weighted by atomic mass is 10.1. The molecule has 0 spiro atoms. The third kappa shape index (κ3) is 3.20. The van der Waals surface area contributed by atoms with Crippen molar-refractivity contribution in [3.63, 3.8) is 0 Å². The number of anilines is 1. The Labute approximate surface area is 120 Å². The second-order valence-corrected chi connectivity index (χ2v) is 4.96. The number of hydrogen-bond acceptors (Lipinski definition) is 4. The standard InChI is InChI=1S/C16H23N3O/c1-19(12-5-3-4-10-17)16-14-7-6-8-15(20-2)13(14)9-11-18-16/h6-9,11H,3-5,10,12,17H2,1-2H3. The van der Waals surface area contributed by atoms with Crippen LogP contribution in [0.4, 0.5) is 5.82 Å². The van der Waals surface area contributed by atoms with Gasteiger partial charge in [0.2, 0.25) is 0 Å². The average Bonchev–Trinajstić information content (AvgIpc) is 2.50. The number of methoxy groups -OCH3 is 1. The number of aromatic nitrogens is 1. The van der Waals surface area contributed by atoms with Crippen LogP contribution in [-0.2, 0) is 0 Å². The number of pyridine rings is 1. The molecule has 108 valence electrons. The van der Waals surface area contributed by atoms with E-state index in [9.17, 15) is 0 Å².